The van der Waals surface area contributed by atoms with Crippen molar-refractivity contribution in [2.45, 2.75) is 52.0 Å². The zero-order chi connectivity index (χ0) is 14.5. The van der Waals surface area contributed by atoms with Crippen LogP contribution in [0.1, 0.15) is 46.5 Å². The molecule has 0 aliphatic carbocycles. The second-order valence-corrected chi connectivity index (χ2v) is 6.44. The van der Waals surface area contributed by atoms with E-state index in [0.717, 1.165) is 45.4 Å². The van der Waals surface area contributed by atoms with Crippen molar-refractivity contribution >= 4 is 5.91 Å². The SMILES string of the molecule is CCC(CCN)CCC(=O)N1CCN(C)C(C)(C)C1. The molecule has 0 aromatic rings. The molecular weight excluding hydrogens is 238 g/mol. The smallest absolute Gasteiger partial charge is 0.222 e. The minimum Gasteiger partial charge on any atom is -0.340 e. The molecule has 0 aromatic heterocycles. The lowest BCUT2D eigenvalue weighted by Gasteiger charge is -2.45. The lowest BCUT2D eigenvalue weighted by atomic mass is 9.95. The Bertz CT molecular complexity index is 291. The fraction of sp³-hybridized carbons (Fsp3) is 0.933. The van der Waals surface area contributed by atoms with Gasteiger partial charge in [0.2, 0.25) is 5.91 Å². The molecular formula is C15H31N3O. The van der Waals surface area contributed by atoms with Gasteiger partial charge in [-0.2, -0.15) is 0 Å². The molecule has 1 heterocycles. The van der Waals surface area contributed by atoms with Gasteiger partial charge in [-0.1, -0.05) is 13.3 Å². The number of likely N-dealkylation sites (N-methyl/N-ethyl adjacent to an activating group) is 1. The molecule has 1 amide bonds. The van der Waals surface area contributed by atoms with E-state index in [1.807, 2.05) is 4.90 Å². The molecule has 0 spiro atoms. The summed E-state index contributed by atoms with van der Waals surface area (Å²) >= 11 is 0. The van der Waals surface area contributed by atoms with Crippen LogP contribution in [0, 0.1) is 5.92 Å². The fourth-order valence-electron chi connectivity index (χ4n) is 2.73. The first kappa shape index (κ1) is 16.4. The van der Waals surface area contributed by atoms with E-state index >= 15 is 0 Å². The van der Waals surface area contributed by atoms with E-state index in [2.05, 4.69) is 32.7 Å². The lowest BCUT2D eigenvalue weighted by Crippen LogP contribution is -2.58. The molecule has 0 radical (unpaired) electrons. The van der Waals surface area contributed by atoms with Gasteiger partial charge in [0.25, 0.3) is 0 Å². The van der Waals surface area contributed by atoms with E-state index in [1.54, 1.807) is 0 Å². The van der Waals surface area contributed by atoms with Gasteiger partial charge >= 0.3 is 0 Å². The molecule has 4 nitrogen and oxygen atoms in total. The third-order valence-electron chi connectivity index (χ3n) is 4.59. The van der Waals surface area contributed by atoms with Gasteiger partial charge in [-0.25, -0.2) is 0 Å². The number of carbonyl (C=O) groups is 1. The molecule has 19 heavy (non-hydrogen) atoms. The molecule has 1 unspecified atom stereocenters. The monoisotopic (exact) mass is 269 g/mol. The van der Waals surface area contributed by atoms with Crippen molar-refractivity contribution in [2.75, 3.05) is 33.2 Å². The van der Waals surface area contributed by atoms with Crippen molar-refractivity contribution < 1.29 is 4.79 Å². The number of hydrogen-bond acceptors (Lipinski definition) is 3. The van der Waals surface area contributed by atoms with Gasteiger partial charge in [0, 0.05) is 31.6 Å². The Morgan fingerprint density at radius 3 is 2.53 bits per heavy atom. The summed E-state index contributed by atoms with van der Waals surface area (Å²) in [6.07, 6.45) is 3.83. The summed E-state index contributed by atoms with van der Waals surface area (Å²) in [5.74, 6) is 0.922. The zero-order valence-electron chi connectivity index (χ0n) is 13.1. The summed E-state index contributed by atoms with van der Waals surface area (Å²) in [6.45, 7) is 10.0. The largest absolute Gasteiger partial charge is 0.340 e. The molecule has 0 aromatic carbocycles. The maximum Gasteiger partial charge on any atom is 0.222 e. The maximum atomic E-state index is 12.3. The van der Waals surface area contributed by atoms with Crippen LogP contribution in [0.4, 0.5) is 0 Å². The molecule has 0 saturated carbocycles. The predicted octanol–water partition coefficient (Wildman–Crippen LogP) is 1.69. The summed E-state index contributed by atoms with van der Waals surface area (Å²) < 4.78 is 0. The molecule has 4 heteroatoms. The van der Waals surface area contributed by atoms with Crippen molar-refractivity contribution in [1.29, 1.82) is 0 Å². The van der Waals surface area contributed by atoms with Gasteiger partial charge in [0.1, 0.15) is 0 Å². The maximum absolute atomic E-state index is 12.3. The summed E-state index contributed by atoms with van der Waals surface area (Å²) in [7, 11) is 2.14. The van der Waals surface area contributed by atoms with Crippen LogP contribution >= 0.6 is 0 Å². The minimum atomic E-state index is 0.0926. The van der Waals surface area contributed by atoms with E-state index in [1.165, 1.54) is 0 Å². The Balaban J connectivity index is 2.41. The predicted molar refractivity (Wildman–Crippen MR) is 80.0 cm³/mol. The second-order valence-electron chi connectivity index (χ2n) is 6.44. The molecule has 1 aliphatic heterocycles. The van der Waals surface area contributed by atoms with Gasteiger partial charge in [-0.05, 0) is 46.2 Å². The highest BCUT2D eigenvalue weighted by Crippen LogP contribution is 2.21. The van der Waals surface area contributed by atoms with Crippen molar-refractivity contribution in [3.05, 3.63) is 0 Å². The third kappa shape index (κ3) is 4.77. The van der Waals surface area contributed by atoms with E-state index in [4.69, 9.17) is 5.73 Å². The minimum absolute atomic E-state index is 0.0926. The highest BCUT2D eigenvalue weighted by Gasteiger charge is 2.32. The van der Waals surface area contributed by atoms with Crippen LogP contribution in [0.25, 0.3) is 0 Å². The van der Waals surface area contributed by atoms with Crippen molar-refractivity contribution in [1.82, 2.24) is 9.80 Å². The van der Waals surface area contributed by atoms with Crippen molar-refractivity contribution in [3.63, 3.8) is 0 Å². The number of amides is 1. The Labute approximate surface area is 118 Å². The van der Waals surface area contributed by atoms with E-state index in [-0.39, 0.29) is 5.54 Å². The van der Waals surface area contributed by atoms with Gasteiger partial charge in [-0.3, -0.25) is 9.69 Å². The third-order valence-corrected chi connectivity index (χ3v) is 4.59. The van der Waals surface area contributed by atoms with Gasteiger partial charge in [0.05, 0.1) is 0 Å². The van der Waals surface area contributed by atoms with Gasteiger partial charge < -0.3 is 10.6 Å². The number of carbonyl (C=O) groups excluding carboxylic acids is 1. The zero-order valence-corrected chi connectivity index (χ0v) is 13.1. The van der Waals surface area contributed by atoms with E-state index in [9.17, 15) is 4.79 Å². The van der Waals surface area contributed by atoms with Crippen molar-refractivity contribution in [2.24, 2.45) is 11.7 Å². The van der Waals surface area contributed by atoms with Crippen LogP contribution in [-0.2, 0) is 4.79 Å². The number of nitrogens with two attached hydrogens (primary N) is 1. The normalized spacial score (nSPS) is 21.4. The van der Waals surface area contributed by atoms with Gasteiger partial charge in [0.15, 0.2) is 0 Å². The van der Waals surface area contributed by atoms with E-state index < -0.39 is 0 Å². The molecule has 1 fully saturated rings. The average molecular weight is 269 g/mol. The second kappa shape index (κ2) is 7.25. The summed E-state index contributed by atoms with van der Waals surface area (Å²) in [5.41, 5.74) is 5.70. The first-order chi connectivity index (χ1) is 8.90. The molecule has 2 N–H and O–H groups in total. The Kier molecular flexibility index (Phi) is 6.27. The van der Waals surface area contributed by atoms with Crippen LogP contribution in [-0.4, -0.2) is 54.5 Å². The Morgan fingerprint density at radius 2 is 2.00 bits per heavy atom. The molecule has 0 bridgehead atoms. The Hall–Kier alpha value is -0.610. The van der Waals surface area contributed by atoms with Crippen LogP contribution in [0.15, 0.2) is 0 Å². The first-order valence-electron chi connectivity index (χ1n) is 7.59. The number of nitrogens with zero attached hydrogens (tertiary/aromatic N) is 2. The topological polar surface area (TPSA) is 49.6 Å². The molecule has 1 atom stereocenters. The highest BCUT2D eigenvalue weighted by molar-refractivity contribution is 5.76. The summed E-state index contributed by atoms with van der Waals surface area (Å²) in [5, 5.41) is 0. The highest BCUT2D eigenvalue weighted by atomic mass is 16.2. The Morgan fingerprint density at radius 1 is 1.32 bits per heavy atom. The molecule has 112 valence electrons. The van der Waals surface area contributed by atoms with E-state index in [0.29, 0.717) is 18.2 Å². The van der Waals surface area contributed by atoms with Crippen LogP contribution < -0.4 is 5.73 Å². The van der Waals surface area contributed by atoms with Crippen LogP contribution in [0.3, 0.4) is 0 Å². The van der Waals surface area contributed by atoms with Gasteiger partial charge in [-0.15, -0.1) is 0 Å². The van der Waals surface area contributed by atoms with Crippen molar-refractivity contribution in [3.8, 4) is 0 Å². The fourth-order valence-corrected chi connectivity index (χ4v) is 2.73. The molecule has 1 saturated heterocycles. The molecule has 1 aliphatic rings. The van der Waals surface area contributed by atoms with Crippen LogP contribution in [0.5, 0.6) is 0 Å². The average Bonchev–Trinajstić information content (AvgIpc) is 2.37. The first-order valence-corrected chi connectivity index (χ1v) is 7.59. The quantitative estimate of drug-likeness (QED) is 0.798. The lowest BCUT2D eigenvalue weighted by molar-refractivity contribution is -0.136. The summed E-state index contributed by atoms with van der Waals surface area (Å²) in [6, 6.07) is 0. The molecule has 1 rings (SSSR count). The number of hydrogen-bond donors (Lipinski definition) is 1. The van der Waals surface area contributed by atoms with Crippen LogP contribution in [0.2, 0.25) is 0 Å². The standard InChI is InChI=1S/C15H31N3O/c1-5-13(8-9-16)6-7-14(19)18-11-10-17(4)15(2,3)12-18/h13H,5-12,16H2,1-4H3. The number of rotatable bonds is 6. The summed E-state index contributed by atoms with van der Waals surface area (Å²) in [4.78, 5) is 16.7. The number of piperazine rings is 1.